The standard InChI is InChI=1S/C16H15NO3/c1-17-13-8-7-10(16(18)20-3)9-12(13)11-5-4-6-14(19-2)15(11)17/h4-9H,1-3H3. The van der Waals surface area contributed by atoms with Crippen LogP contribution in [-0.4, -0.2) is 24.8 Å². The first kappa shape index (κ1) is 12.5. The lowest BCUT2D eigenvalue weighted by Crippen LogP contribution is -2.00. The molecule has 0 aliphatic heterocycles. The number of ether oxygens (including phenoxy) is 2. The number of benzene rings is 2. The molecule has 0 saturated heterocycles. The van der Waals surface area contributed by atoms with E-state index >= 15 is 0 Å². The normalized spacial score (nSPS) is 10.9. The van der Waals surface area contributed by atoms with Crippen molar-refractivity contribution in [2.24, 2.45) is 7.05 Å². The number of hydrogen-bond donors (Lipinski definition) is 0. The molecule has 4 nitrogen and oxygen atoms in total. The molecule has 0 bridgehead atoms. The predicted octanol–water partition coefficient (Wildman–Crippen LogP) is 3.13. The molecular formula is C16H15NO3. The first-order valence-electron chi connectivity index (χ1n) is 6.31. The van der Waals surface area contributed by atoms with Crippen molar-refractivity contribution in [1.82, 2.24) is 4.57 Å². The second-order valence-electron chi connectivity index (χ2n) is 4.64. The number of carbonyl (C=O) groups is 1. The minimum atomic E-state index is -0.327. The fourth-order valence-corrected chi connectivity index (χ4v) is 2.66. The van der Waals surface area contributed by atoms with Crippen LogP contribution in [0.4, 0.5) is 0 Å². The van der Waals surface area contributed by atoms with Crippen LogP contribution in [0.5, 0.6) is 5.75 Å². The van der Waals surface area contributed by atoms with E-state index in [-0.39, 0.29) is 5.97 Å². The van der Waals surface area contributed by atoms with E-state index in [2.05, 4.69) is 4.57 Å². The van der Waals surface area contributed by atoms with E-state index in [1.165, 1.54) is 7.11 Å². The van der Waals surface area contributed by atoms with E-state index in [9.17, 15) is 4.79 Å². The summed E-state index contributed by atoms with van der Waals surface area (Å²) in [5.41, 5.74) is 2.62. The van der Waals surface area contributed by atoms with Gasteiger partial charge >= 0.3 is 5.97 Å². The highest BCUT2D eigenvalue weighted by molar-refractivity contribution is 6.11. The third-order valence-corrected chi connectivity index (χ3v) is 3.62. The van der Waals surface area contributed by atoms with Crippen molar-refractivity contribution in [2.45, 2.75) is 0 Å². The summed E-state index contributed by atoms with van der Waals surface area (Å²) in [7, 11) is 5.04. The molecule has 0 saturated carbocycles. The van der Waals surface area contributed by atoms with Crippen molar-refractivity contribution in [3.05, 3.63) is 42.0 Å². The molecule has 3 aromatic rings. The molecule has 0 N–H and O–H groups in total. The van der Waals surface area contributed by atoms with E-state index in [4.69, 9.17) is 9.47 Å². The molecule has 3 rings (SSSR count). The van der Waals surface area contributed by atoms with Crippen molar-refractivity contribution in [2.75, 3.05) is 14.2 Å². The second kappa shape index (κ2) is 4.56. The average molecular weight is 269 g/mol. The Hall–Kier alpha value is -2.49. The van der Waals surface area contributed by atoms with Gasteiger partial charge in [0.25, 0.3) is 0 Å². The maximum atomic E-state index is 11.7. The summed E-state index contributed by atoms with van der Waals surface area (Å²) >= 11 is 0. The molecule has 102 valence electrons. The van der Waals surface area contributed by atoms with Gasteiger partial charge in [-0.05, 0) is 24.3 Å². The largest absolute Gasteiger partial charge is 0.495 e. The van der Waals surface area contributed by atoms with Gasteiger partial charge in [0, 0.05) is 23.3 Å². The van der Waals surface area contributed by atoms with Crippen LogP contribution in [0.25, 0.3) is 21.8 Å². The minimum absolute atomic E-state index is 0.327. The number of rotatable bonds is 2. The fraction of sp³-hybridized carbons (Fsp3) is 0.188. The van der Waals surface area contributed by atoms with Gasteiger partial charge in [-0.25, -0.2) is 4.79 Å². The number of fused-ring (bicyclic) bond motifs is 3. The molecule has 0 spiro atoms. The average Bonchev–Trinajstić information content (AvgIpc) is 2.79. The zero-order valence-corrected chi connectivity index (χ0v) is 11.6. The lowest BCUT2D eigenvalue weighted by atomic mass is 10.1. The summed E-state index contributed by atoms with van der Waals surface area (Å²) in [6.07, 6.45) is 0. The summed E-state index contributed by atoms with van der Waals surface area (Å²) in [6, 6.07) is 11.5. The third kappa shape index (κ3) is 1.65. The van der Waals surface area contributed by atoms with E-state index in [0.717, 1.165) is 27.6 Å². The monoisotopic (exact) mass is 269 g/mol. The van der Waals surface area contributed by atoms with Gasteiger partial charge in [0.15, 0.2) is 0 Å². The fourth-order valence-electron chi connectivity index (χ4n) is 2.66. The minimum Gasteiger partial charge on any atom is -0.495 e. The smallest absolute Gasteiger partial charge is 0.337 e. The first-order valence-corrected chi connectivity index (χ1v) is 6.31. The van der Waals surface area contributed by atoms with E-state index in [1.807, 2.05) is 37.4 Å². The molecule has 0 aliphatic rings. The van der Waals surface area contributed by atoms with Crippen LogP contribution in [0.2, 0.25) is 0 Å². The molecule has 0 fully saturated rings. The molecule has 20 heavy (non-hydrogen) atoms. The number of para-hydroxylation sites is 1. The van der Waals surface area contributed by atoms with E-state index in [0.29, 0.717) is 5.56 Å². The van der Waals surface area contributed by atoms with Crippen molar-refractivity contribution in [1.29, 1.82) is 0 Å². The molecule has 0 radical (unpaired) electrons. The highest BCUT2D eigenvalue weighted by Gasteiger charge is 2.14. The van der Waals surface area contributed by atoms with Crippen LogP contribution >= 0.6 is 0 Å². The Morgan fingerprint density at radius 3 is 2.60 bits per heavy atom. The SMILES string of the molecule is COC(=O)c1ccc2c(c1)c1cccc(OC)c1n2C. The van der Waals surface area contributed by atoms with Crippen molar-refractivity contribution in [3.63, 3.8) is 0 Å². The molecule has 2 aromatic carbocycles. The Bertz CT molecular complexity index is 817. The van der Waals surface area contributed by atoms with Crippen molar-refractivity contribution >= 4 is 27.8 Å². The van der Waals surface area contributed by atoms with E-state index < -0.39 is 0 Å². The molecule has 1 aromatic heterocycles. The Labute approximate surface area is 116 Å². The van der Waals surface area contributed by atoms with Crippen LogP contribution in [0.15, 0.2) is 36.4 Å². The number of nitrogens with zero attached hydrogens (tertiary/aromatic N) is 1. The number of carbonyl (C=O) groups excluding carboxylic acids is 1. The highest BCUT2D eigenvalue weighted by Crippen LogP contribution is 2.34. The number of aromatic nitrogens is 1. The van der Waals surface area contributed by atoms with Crippen LogP contribution in [0, 0.1) is 0 Å². The highest BCUT2D eigenvalue weighted by atomic mass is 16.5. The number of esters is 1. The van der Waals surface area contributed by atoms with Gasteiger partial charge in [0.1, 0.15) is 5.75 Å². The van der Waals surface area contributed by atoms with Gasteiger partial charge in [-0.15, -0.1) is 0 Å². The Kier molecular flexibility index (Phi) is 2.86. The summed E-state index contributed by atoms with van der Waals surface area (Å²) in [6.45, 7) is 0. The Morgan fingerprint density at radius 1 is 1.10 bits per heavy atom. The zero-order valence-electron chi connectivity index (χ0n) is 11.6. The maximum absolute atomic E-state index is 11.7. The number of methoxy groups -OCH3 is 2. The maximum Gasteiger partial charge on any atom is 0.337 e. The molecule has 0 unspecified atom stereocenters. The lowest BCUT2D eigenvalue weighted by molar-refractivity contribution is 0.0601. The molecule has 0 amide bonds. The van der Waals surface area contributed by atoms with Gasteiger partial charge in [0.2, 0.25) is 0 Å². The quantitative estimate of drug-likeness (QED) is 0.671. The van der Waals surface area contributed by atoms with Crippen molar-refractivity contribution < 1.29 is 14.3 Å². The molecule has 0 aliphatic carbocycles. The van der Waals surface area contributed by atoms with Gasteiger partial charge in [-0.1, -0.05) is 12.1 Å². The van der Waals surface area contributed by atoms with Crippen LogP contribution < -0.4 is 4.74 Å². The molecule has 4 heteroatoms. The molecular weight excluding hydrogens is 254 g/mol. The van der Waals surface area contributed by atoms with Gasteiger partial charge in [0.05, 0.1) is 25.3 Å². The number of hydrogen-bond acceptors (Lipinski definition) is 3. The zero-order chi connectivity index (χ0) is 14.3. The van der Waals surface area contributed by atoms with Gasteiger partial charge in [-0.3, -0.25) is 0 Å². The van der Waals surface area contributed by atoms with Crippen LogP contribution in [0.1, 0.15) is 10.4 Å². The topological polar surface area (TPSA) is 40.5 Å². The van der Waals surface area contributed by atoms with Crippen LogP contribution in [0.3, 0.4) is 0 Å². The van der Waals surface area contributed by atoms with Crippen molar-refractivity contribution in [3.8, 4) is 5.75 Å². The Balaban J connectivity index is 2.41. The predicted molar refractivity (Wildman–Crippen MR) is 78.3 cm³/mol. The molecule has 1 heterocycles. The van der Waals surface area contributed by atoms with Gasteiger partial charge < -0.3 is 14.0 Å². The summed E-state index contributed by atoms with van der Waals surface area (Å²) in [5.74, 6) is 0.493. The molecule has 0 atom stereocenters. The third-order valence-electron chi connectivity index (χ3n) is 3.62. The van der Waals surface area contributed by atoms with Gasteiger partial charge in [-0.2, -0.15) is 0 Å². The number of aryl methyl sites for hydroxylation is 1. The summed E-state index contributed by atoms with van der Waals surface area (Å²) < 4.78 is 12.3. The summed E-state index contributed by atoms with van der Waals surface area (Å²) in [5, 5.41) is 2.08. The second-order valence-corrected chi connectivity index (χ2v) is 4.64. The first-order chi connectivity index (χ1) is 9.67. The Morgan fingerprint density at radius 2 is 1.90 bits per heavy atom. The summed E-state index contributed by atoms with van der Waals surface area (Å²) in [4.78, 5) is 11.7. The van der Waals surface area contributed by atoms with E-state index in [1.54, 1.807) is 13.2 Å². The van der Waals surface area contributed by atoms with Crippen LogP contribution in [-0.2, 0) is 11.8 Å². The lowest BCUT2D eigenvalue weighted by Gasteiger charge is -2.04.